The van der Waals surface area contributed by atoms with Gasteiger partial charge in [-0.25, -0.2) is 0 Å². The minimum Gasteiger partial charge on any atom is -0.378 e. The predicted octanol–water partition coefficient (Wildman–Crippen LogP) is 2.01. The van der Waals surface area contributed by atoms with Gasteiger partial charge in [-0.3, -0.25) is 4.79 Å². The molecular formula is C15H20NO2Y-. The van der Waals surface area contributed by atoms with Gasteiger partial charge in [-0.05, 0) is 5.92 Å². The first kappa shape index (κ1) is 16.8. The van der Waals surface area contributed by atoms with Crippen molar-refractivity contribution < 1.29 is 42.2 Å². The van der Waals surface area contributed by atoms with Gasteiger partial charge in [-0.2, -0.15) is 29.8 Å². The number of ether oxygens (including phenoxy) is 1. The monoisotopic (exact) mass is 335 g/mol. The third kappa shape index (κ3) is 4.98. The van der Waals surface area contributed by atoms with E-state index in [2.05, 4.69) is 26.0 Å². The SMILES string of the molecule is CC(C)c1[c-]cc(CC(=O)N2CCOCC2)cc1.[Y]. The van der Waals surface area contributed by atoms with E-state index in [1.807, 2.05) is 17.0 Å². The van der Waals surface area contributed by atoms with Gasteiger partial charge in [0.25, 0.3) is 0 Å². The van der Waals surface area contributed by atoms with Crippen molar-refractivity contribution in [3.63, 3.8) is 0 Å². The van der Waals surface area contributed by atoms with Crippen molar-refractivity contribution in [3.05, 3.63) is 35.4 Å². The summed E-state index contributed by atoms with van der Waals surface area (Å²) in [5.41, 5.74) is 2.23. The first-order valence-corrected chi connectivity index (χ1v) is 6.53. The van der Waals surface area contributed by atoms with Crippen LogP contribution in [0.1, 0.15) is 30.9 Å². The molecule has 3 nitrogen and oxygen atoms in total. The van der Waals surface area contributed by atoms with Gasteiger partial charge in [-0.15, -0.1) is 5.56 Å². The molecule has 0 bridgehead atoms. The smallest absolute Gasteiger partial charge is 0.215 e. The molecular weight excluding hydrogens is 315 g/mol. The topological polar surface area (TPSA) is 29.5 Å². The van der Waals surface area contributed by atoms with E-state index in [-0.39, 0.29) is 38.6 Å². The Balaban J connectivity index is 0.00000180. The maximum absolute atomic E-state index is 12.0. The molecule has 1 heterocycles. The summed E-state index contributed by atoms with van der Waals surface area (Å²) in [5, 5.41) is 0. The standard InChI is InChI=1S/C15H20NO2.Y/c1-12(2)14-5-3-13(4-6-14)11-15(17)16-7-9-18-10-8-16;/h3-5,12H,7-11H2,1-2H3;/q-1;. The van der Waals surface area contributed by atoms with E-state index < -0.39 is 0 Å². The fourth-order valence-electron chi connectivity index (χ4n) is 2.04. The summed E-state index contributed by atoms with van der Waals surface area (Å²) in [7, 11) is 0. The first-order valence-electron chi connectivity index (χ1n) is 6.53. The Morgan fingerprint density at radius 3 is 2.58 bits per heavy atom. The summed E-state index contributed by atoms with van der Waals surface area (Å²) in [6.07, 6.45) is 0.467. The summed E-state index contributed by atoms with van der Waals surface area (Å²) >= 11 is 0. The molecule has 1 saturated heterocycles. The van der Waals surface area contributed by atoms with E-state index in [0.717, 1.165) is 5.56 Å². The number of carbonyl (C=O) groups excluding carboxylic acids is 1. The van der Waals surface area contributed by atoms with Crippen LogP contribution < -0.4 is 0 Å². The van der Waals surface area contributed by atoms with Gasteiger partial charge >= 0.3 is 0 Å². The third-order valence-corrected chi connectivity index (χ3v) is 3.24. The van der Waals surface area contributed by atoms with Gasteiger partial charge in [0.05, 0.1) is 13.2 Å². The van der Waals surface area contributed by atoms with E-state index in [4.69, 9.17) is 4.74 Å². The van der Waals surface area contributed by atoms with Gasteiger partial charge in [0.2, 0.25) is 5.91 Å². The Morgan fingerprint density at radius 1 is 1.37 bits per heavy atom. The number of benzene rings is 1. The summed E-state index contributed by atoms with van der Waals surface area (Å²) in [6, 6.07) is 9.28. The van der Waals surface area contributed by atoms with Crippen LogP contribution in [0.3, 0.4) is 0 Å². The van der Waals surface area contributed by atoms with Crippen LogP contribution in [0.2, 0.25) is 0 Å². The molecule has 0 atom stereocenters. The zero-order valence-corrected chi connectivity index (χ0v) is 14.5. The number of nitrogens with zero attached hydrogens (tertiary/aromatic N) is 1. The second kappa shape index (κ2) is 8.13. The fraction of sp³-hybridized carbons (Fsp3) is 0.533. The Hall–Kier alpha value is -0.246. The third-order valence-electron chi connectivity index (χ3n) is 3.24. The predicted molar refractivity (Wildman–Crippen MR) is 70.5 cm³/mol. The van der Waals surface area contributed by atoms with Crippen LogP contribution in [0.5, 0.6) is 0 Å². The van der Waals surface area contributed by atoms with Crippen molar-refractivity contribution in [1.82, 2.24) is 4.90 Å². The van der Waals surface area contributed by atoms with Gasteiger partial charge in [0, 0.05) is 52.2 Å². The van der Waals surface area contributed by atoms with E-state index in [0.29, 0.717) is 38.6 Å². The quantitative estimate of drug-likeness (QED) is 0.791. The number of carbonyl (C=O) groups is 1. The number of hydrogen-bond donors (Lipinski definition) is 0. The molecule has 1 amide bonds. The van der Waals surface area contributed by atoms with Crippen molar-refractivity contribution in [1.29, 1.82) is 0 Å². The molecule has 1 aliphatic rings. The van der Waals surface area contributed by atoms with Crippen molar-refractivity contribution in [2.75, 3.05) is 26.3 Å². The summed E-state index contributed by atoms with van der Waals surface area (Å²) in [5.74, 6) is 0.665. The largest absolute Gasteiger partial charge is 0.378 e. The molecule has 1 aromatic carbocycles. The number of hydrogen-bond acceptors (Lipinski definition) is 2. The molecule has 101 valence electrons. The van der Waals surface area contributed by atoms with Crippen LogP contribution >= 0.6 is 0 Å². The molecule has 1 fully saturated rings. The average molecular weight is 335 g/mol. The van der Waals surface area contributed by atoms with Gasteiger partial charge in [0.1, 0.15) is 0 Å². The van der Waals surface area contributed by atoms with Crippen molar-refractivity contribution in [2.24, 2.45) is 0 Å². The van der Waals surface area contributed by atoms with Crippen molar-refractivity contribution in [3.8, 4) is 0 Å². The normalized spacial score (nSPS) is 15.2. The summed E-state index contributed by atoms with van der Waals surface area (Å²) in [6.45, 7) is 7.03. The molecule has 0 aliphatic carbocycles. The maximum Gasteiger partial charge on any atom is 0.215 e. The van der Waals surface area contributed by atoms with Crippen LogP contribution in [-0.4, -0.2) is 37.1 Å². The van der Waals surface area contributed by atoms with Gasteiger partial charge < -0.3 is 9.64 Å². The van der Waals surface area contributed by atoms with E-state index in [1.54, 1.807) is 0 Å². The Labute approximate surface area is 140 Å². The van der Waals surface area contributed by atoms with Crippen LogP contribution in [0.25, 0.3) is 0 Å². The maximum atomic E-state index is 12.0. The fourth-order valence-corrected chi connectivity index (χ4v) is 2.04. The minimum absolute atomic E-state index is 0. The van der Waals surface area contributed by atoms with Crippen LogP contribution in [0.15, 0.2) is 18.2 Å². The second-order valence-corrected chi connectivity index (χ2v) is 4.98. The van der Waals surface area contributed by atoms with Gasteiger partial charge in [0.15, 0.2) is 0 Å². The number of amides is 1. The zero-order chi connectivity index (χ0) is 13.0. The average Bonchev–Trinajstić information content (AvgIpc) is 2.40. The molecule has 0 N–H and O–H groups in total. The van der Waals surface area contributed by atoms with Crippen LogP contribution in [0, 0.1) is 6.07 Å². The molecule has 0 unspecified atom stereocenters. The van der Waals surface area contributed by atoms with E-state index in [9.17, 15) is 4.79 Å². The molecule has 2 rings (SSSR count). The zero-order valence-electron chi connectivity index (χ0n) is 11.7. The molecule has 1 radical (unpaired) electrons. The molecule has 4 heteroatoms. The Bertz CT molecular complexity index is 397. The van der Waals surface area contributed by atoms with E-state index in [1.165, 1.54) is 5.56 Å². The van der Waals surface area contributed by atoms with E-state index >= 15 is 0 Å². The number of morpholine rings is 1. The van der Waals surface area contributed by atoms with Crippen LogP contribution in [-0.2, 0) is 48.7 Å². The van der Waals surface area contributed by atoms with Gasteiger partial charge in [-0.1, -0.05) is 13.8 Å². The summed E-state index contributed by atoms with van der Waals surface area (Å²) in [4.78, 5) is 13.9. The molecule has 0 spiro atoms. The first-order chi connectivity index (χ1) is 8.66. The Morgan fingerprint density at radius 2 is 2.05 bits per heavy atom. The van der Waals surface area contributed by atoms with Crippen molar-refractivity contribution in [2.45, 2.75) is 26.2 Å². The van der Waals surface area contributed by atoms with Crippen molar-refractivity contribution >= 4 is 5.91 Å². The minimum atomic E-state index is 0. The van der Waals surface area contributed by atoms with Crippen LogP contribution in [0.4, 0.5) is 0 Å². The second-order valence-electron chi connectivity index (χ2n) is 4.98. The molecule has 1 aliphatic heterocycles. The molecule has 0 saturated carbocycles. The number of rotatable bonds is 3. The molecule has 0 aromatic heterocycles. The summed E-state index contributed by atoms with van der Waals surface area (Å²) < 4.78 is 5.24. The molecule has 1 aromatic rings. The molecule has 19 heavy (non-hydrogen) atoms. The Kier molecular flexibility index (Phi) is 7.19.